The molecule has 1 aliphatic carbocycles. The zero-order valence-corrected chi connectivity index (χ0v) is 10.0. The molecular weight excluding hydrogens is 236 g/mol. The van der Waals surface area contributed by atoms with Gasteiger partial charge in [-0.25, -0.2) is 4.98 Å². The molecule has 4 N–H and O–H groups in total. The smallest absolute Gasteiger partial charge is 0.138 e. The fraction of sp³-hybridized carbons (Fsp3) is 0.250. The second-order valence-electron chi connectivity index (χ2n) is 4.20. The second kappa shape index (κ2) is 4.05. The van der Waals surface area contributed by atoms with Crippen LogP contribution in [0.3, 0.4) is 0 Å². The average Bonchev–Trinajstić information content (AvgIpc) is 2.72. The summed E-state index contributed by atoms with van der Waals surface area (Å²) in [4.78, 5) is 7.32. The molecule has 1 aliphatic rings. The van der Waals surface area contributed by atoms with Gasteiger partial charge in [-0.1, -0.05) is 11.6 Å². The number of hydrogen-bond acceptors (Lipinski definition) is 3. The van der Waals surface area contributed by atoms with Crippen molar-refractivity contribution in [1.82, 2.24) is 15.4 Å². The fourth-order valence-electron chi connectivity index (χ4n) is 2.19. The lowest BCUT2D eigenvalue weighted by Gasteiger charge is -2.22. The summed E-state index contributed by atoms with van der Waals surface area (Å²) in [6.45, 7) is 0. The summed E-state index contributed by atoms with van der Waals surface area (Å²) in [5, 5.41) is 1.63. The predicted octanol–water partition coefficient (Wildman–Crippen LogP) is 2.57. The highest BCUT2D eigenvalue weighted by Crippen LogP contribution is 2.36. The number of nitrogens with two attached hydrogens (primary N) is 1. The van der Waals surface area contributed by atoms with E-state index in [4.69, 9.17) is 17.4 Å². The second-order valence-corrected chi connectivity index (χ2v) is 4.60. The van der Waals surface area contributed by atoms with Crippen molar-refractivity contribution >= 4 is 28.3 Å². The molecule has 2 aromatic rings. The number of aromatic amines is 1. The van der Waals surface area contributed by atoms with E-state index in [-0.39, 0.29) is 0 Å². The van der Waals surface area contributed by atoms with Gasteiger partial charge in [0.1, 0.15) is 5.65 Å². The lowest BCUT2D eigenvalue weighted by molar-refractivity contribution is 0.657. The number of allylic oxidation sites excluding steroid dienone is 1. The van der Waals surface area contributed by atoms with Crippen LogP contribution in [0.1, 0.15) is 24.8 Å². The number of halogens is 1. The Labute approximate surface area is 104 Å². The van der Waals surface area contributed by atoms with Gasteiger partial charge in [0.15, 0.2) is 0 Å². The molecule has 0 atom stereocenters. The quantitative estimate of drug-likeness (QED) is 0.565. The zero-order chi connectivity index (χ0) is 11.8. The van der Waals surface area contributed by atoms with Gasteiger partial charge in [-0.2, -0.15) is 0 Å². The van der Waals surface area contributed by atoms with Crippen LogP contribution in [0, 0.1) is 0 Å². The molecule has 0 amide bonds. The van der Waals surface area contributed by atoms with Gasteiger partial charge in [0.05, 0.1) is 10.7 Å². The number of nitrogens with one attached hydrogen (secondary N) is 2. The summed E-state index contributed by atoms with van der Waals surface area (Å²) in [6.07, 6.45) is 6.91. The number of rotatable bonds is 2. The summed E-state index contributed by atoms with van der Waals surface area (Å²) in [6, 6.07) is 1.97. The maximum absolute atomic E-state index is 6.25. The molecule has 0 radical (unpaired) electrons. The number of pyridine rings is 1. The standard InChI is InChI=1S/C12H13ClN4/c13-9-6-16-12-8(4-5-15-12)10(9)11(17-14)7-2-1-3-7/h4-6,17H,1-3,14H2,(H,15,16). The molecule has 1 saturated carbocycles. The molecule has 1 fully saturated rings. The van der Waals surface area contributed by atoms with Gasteiger partial charge in [-0.3, -0.25) is 5.84 Å². The Kier molecular flexibility index (Phi) is 2.53. The maximum Gasteiger partial charge on any atom is 0.138 e. The fourth-order valence-corrected chi connectivity index (χ4v) is 2.44. The Balaban J connectivity index is 2.27. The van der Waals surface area contributed by atoms with Gasteiger partial charge in [-0.15, -0.1) is 0 Å². The van der Waals surface area contributed by atoms with E-state index in [1.807, 2.05) is 12.3 Å². The summed E-state index contributed by atoms with van der Waals surface area (Å²) in [5.74, 6) is 5.65. The van der Waals surface area contributed by atoms with E-state index < -0.39 is 0 Å². The molecule has 5 heteroatoms. The maximum atomic E-state index is 6.25. The van der Waals surface area contributed by atoms with Crippen LogP contribution in [0.4, 0.5) is 0 Å². The number of hydrogen-bond donors (Lipinski definition) is 3. The van der Waals surface area contributed by atoms with Gasteiger partial charge in [0, 0.05) is 23.3 Å². The van der Waals surface area contributed by atoms with E-state index in [0.717, 1.165) is 35.1 Å². The van der Waals surface area contributed by atoms with Gasteiger partial charge in [-0.05, 0) is 30.9 Å². The molecule has 3 rings (SSSR count). The van der Waals surface area contributed by atoms with Crippen LogP contribution in [-0.4, -0.2) is 9.97 Å². The van der Waals surface area contributed by atoms with Crippen molar-refractivity contribution in [2.45, 2.75) is 19.3 Å². The molecular formula is C12H13ClN4. The van der Waals surface area contributed by atoms with Crippen LogP contribution in [0.5, 0.6) is 0 Å². The first-order valence-corrected chi connectivity index (χ1v) is 5.99. The van der Waals surface area contributed by atoms with E-state index in [0.29, 0.717) is 5.02 Å². The molecule has 2 heterocycles. The minimum atomic E-state index is 0.629. The Morgan fingerprint density at radius 2 is 2.29 bits per heavy atom. The highest BCUT2D eigenvalue weighted by molar-refractivity contribution is 6.33. The molecule has 0 unspecified atom stereocenters. The largest absolute Gasteiger partial charge is 0.346 e. The summed E-state index contributed by atoms with van der Waals surface area (Å²) in [7, 11) is 0. The SMILES string of the molecule is NNC(=C1CCC1)c1c(Cl)cnc2[nH]ccc12. The van der Waals surface area contributed by atoms with Crippen LogP contribution < -0.4 is 11.3 Å². The molecule has 0 saturated heterocycles. The first kappa shape index (κ1) is 10.6. The van der Waals surface area contributed by atoms with E-state index in [1.54, 1.807) is 6.20 Å². The molecule has 17 heavy (non-hydrogen) atoms. The number of hydrazine groups is 1. The van der Waals surface area contributed by atoms with E-state index in [2.05, 4.69) is 15.4 Å². The lowest BCUT2D eigenvalue weighted by Crippen LogP contribution is -2.23. The first-order chi connectivity index (χ1) is 8.31. The summed E-state index contributed by atoms with van der Waals surface area (Å²) < 4.78 is 0. The van der Waals surface area contributed by atoms with Crippen molar-refractivity contribution in [2.24, 2.45) is 5.84 Å². The Bertz CT molecular complexity index is 594. The van der Waals surface area contributed by atoms with Gasteiger partial charge in [0.25, 0.3) is 0 Å². The topological polar surface area (TPSA) is 66.7 Å². The van der Waals surface area contributed by atoms with Crippen LogP contribution in [0.15, 0.2) is 24.0 Å². The molecule has 0 bridgehead atoms. The zero-order valence-electron chi connectivity index (χ0n) is 9.26. The predicted molar refractivity (Wildman–Crippen MR) is 69.2 cm³/mol. The van der Waals surface area contributed by atoms with Gasteiger partial charge < -0.3 is 10.4 Å². The molecule has 2 aromatic heterocycles. The summed E-state index contributed by atoms with van der Waals surface area (Å²) >= 11 is 6.25. The third-order valence-electron chi connectivity index (χ3n) is 3.25. The van der Waals surface area contributed by atoms with Crippen molar-refractivity contribution < 1.29 is 0 Å². The number of nitrogens with zero attached hydrogens (tertiary/aromatic N) is 1. The number of aromatic nitrogens is 2. The third kappa shape index (κ3) is 1.61. The van der Waals surface area contributed by atoms with E-state index in [1.165, 1.54) is 12.0 Å². The number of fused-ring (bicyclic) bond motifs is 1. The minimum absolute atomic E-state index is 0.629. The van der Waals surface area contributed by atoms with Crippen molar-refractivity contribution in [3.8, 4) is 0 Å². The van der Waals surface area contributed by atoms with E-state index in [9.17, 15) is 0 Å². The summed E-state index contributed by atoms with van der Waals surface area (Å²) in [5.41, 5.74) is 6.87. The minimum Gasteiger partial charge on any atom is -0.346 e. The van der Waals surface area contributed by atoms with E-state index >= 15 is 0 Å². The lowest BCUT2D eigenvalue weighted by atomic mass is 9.88. The monoisotopic (exact) mass is 248 g/mol. The van der Waals surface area contributed by atoms with Gasteiger partial charge >= 0.3 is 0 Å². The molecule has 88 valence electrons. The molecule has 0 aromatic carbocycles. The first-order valence-electron chi connectivity index (χ1n) is 5.62. The Hall–Kier alpha value is -1.52. The highest BCUT2D eigenvalue weighted by Gasteiger charge is 2.19. The molecule has 0 spiro atoms. The highest BCUT2D eigenvalue weighted by atomic mass is 35.5. The van der Waals surface area contributed by atoms with Crippen molar-refractivity contribution in [3.05, 3.63) is 34.6 Å². The third-order valence-corrected chi connectivity index (χ3v) is 3.53. The van der Waals surface area contributed by atoms with Crippen molar-refractivity contribution in [3.63, 3.8) is 0 Å². The normalized spacial score (nSPS) is 14.8. The Morgan fingerprint density at radius 1 is 1.47 bits per heavy atom. The average molecular weight is 249 g/mol. The molecule has 4 nitrogen and oxygen atoms in total. The van der Waals surface area contributed by atoms with Crippen LogP contribution in [0.25, 0.3) is 16.7 Å². The Morgan fingerprint density at radius 3 is 2.94 bits per heavy atom. The van der Waals surface area contributed by atoms with Crippen molar-refractivity contribution in [1.29, 1.82) is 0 Å². The molecule has 0 aliphatic heterocycles. The van der Waals surface area contributed by atoms with Crippen molar-refractivity contribution in [2.75, 3.05) is 0 Å². The number of H-pyrrole nitrogens is 1. The van der Waals surface area contributed by atoms with Crippen LogP contribution in [0.2, 0.25) is 5.02 Å². The van der Waals surface area contributed by atoms with Crippen LogP contribution >= 0.6 is 11.6 Å². The van der Waals surface area contributed by atoms with Crippen LogP contribution in [-0.2, 0) is 0 Å². The van der Waals surface area contributed by atoms with Gasteiger partial charge in [0.2, 0.25) is 0 Å².